The number of benzene rings is 2. The zero-order valence-electron chi connectivity index (χ0n) is 21.0. The monoisotopic (exact) mass is 484 g/mol. The molecule has 186 valence electrons. The van der Waals surface area contributed by atoms with E-state index in [1.807, 2.05) is 75.4 Å². The molecule has 1 unspecified atom stereocenters. The van der Waals surface area contributed by atoms with Gasteiger partial charge in [0.25, 0.3) is 11.5 Å². The number of nitrogens with zero attached hydrogens (tertiary/aromatic N) is 5. The fourth-order valence-corrected chi connectivity index (χ4v) is 4.40. The average Bonchev–Trinajstić information content (AvgIpc) is 2.89. The van der Waals surface area contributed by atoms with Crippen molar-refractivity contribution in [1.82, 2.24) is 24.4 Å². The summed E-state index contributed by atoms with van der Waals surface area (Å²) >= 11 is 0. The number of nitrogens with two attached hydrogens (primary N) is 1. The second-order valence-electron chi connectivity index (χ2n) is 9.27. The van der Waals surface area contributed by atoms with Gasteiger partial charge in [-0.3, -0.25) is 14.2 Å². The molecule has 0 fully saturated rings. The summed E-state index contributed by atoms with van der Waals surface area (Å²) in [5.74, 6) is 0.325. The van der Waals surface area contributed by atoms with Gasteiger partial charge < -0.3 is 10.6 Å². The molecule has 1 amide bonds. The molecular weight excluding hydrogens is 452 g/mol. The van der Waals surface area contributed by atoms with Crippen LogP contribution in [0.4, 0.5) is 0 Å². The lowest BCUT2D eigenvalue weighted by Gasteiger charge is -2.35. The molecule has 0 bridgehead atoms. The van der Waals surface area contributed by atoms with Gasteiger partial charge in [-0.05, 0) is 43.5 Å². The molecule has 4 aromatic rings. The van der Waals surface area contributed by atoms with E-state index in [2.05, 4.69) is 9.97 Å². The lowest BCUT2D eigenvalue weighted by molar-refractivity contribution is 0.0602. The van der Waals surface area contributed by atoms with Crippen molar-refractivity contribution in [3.63, 3.8) is 0 Å². The van der Waals surface area contributed by atoms with Crippen molar-refractivity contribution >= 4 is 17.1 Å². The van der Waals surface area contributed by atoms with Gasteiger partial charge in [-0.25, -0.2) is 15.0 Å². The van der Waals surface area contributed by atoms with Gasteiger partial charge in [-0.15, -0.1) is 0 Å². The van der Waals surface area contributed by atoms with Crippen LogP contribution in [0.3, 0.4) is 0 Å². The highest BCUT2D eigenvalue weighted by Gasteiger charge is 2.33. The molecule has 8 heteroatoms. The molecule has 0 saturated carbocycles. The lowest BCUT2D eigenvalue weighted by atomic mass is 9.99. The molecular formula is C28H32N6O2. The first kappa shape index (κ1) is 25.2. The zero-order chi connectivity index (χ0) is 25.7. The molecule has 1 atom stereocenters. The smallest absolute Gasteiger partial charge is 0.282 e. The average molecular weight is 485 g/mol. The van der Waals surface area contributed by atoms with Gasteiger partial charge in [0.1, 0.15) is 5.82 Å². The molecule has 8 nitrogen and oxygen atoms in total. The molecule has 2 aromatic carbocycles. The lowest BCUT2D eigenvalue weighted by Crippen LogP contribution is -2.42. The third-order valence-electron chi connectivity index (χ3n) is 6.20. The van der Waals surface area contributed by atoms with E-state index in [-0.39, 0.29) is 28.5 Å². The Labute approximate surface area is 210 Å². The summed E-state index contributed by atoms with van der Waals surface area (Å²) in [5.41, 5.74) is 8.66. The number of amides is 1. The highest BCUT2D eigenvalue weighted by Crippen LogP contribution is 2.30. The van der Waals surface area contributed by atoms with Crippen LogP contribution in [0.15, 0.2) is 71.8 Å². The van der Waals surface area contributed by atoms with Crippen molar-refractivity contribution in [1.29, 1.82) is 0 Å². The van der Waals surface area contributed by atoms with E-state index in [0.29, 0.717) is 37.4 Å². The summed E-state index contributed by atoms with van der Waals surface area (Å²) in [4.78, 5) is 42.7. The highest BCUT2D eigenvalue weighted by atomic mass is 16.2. The molecule has 4 rings (SSSR count). The molecule has 2 aromatic heterocycles. The maximum atomic E-state index is 13.8. The molecule has 0 saturated heterocycles. The van der Waals surface area contributed by atoms with E-state index in [9.17, 15) is 9.59 Å². The minimum absolute atomic E-state index is 0.0415. The van der Waals surface area contributed by atoms with Gasteiger partial charge in [0.15, 0.2) is 11.2 Å². The van der Waals surface area contributed by atoms with Gasteiger partial charge in [0, 0.05) is 24.5 Å². The minimum Gasteiger partial charge on any atom is -0.330 e. The van der Waals surface area contributed by atoms with Crippen LogP contribution >= 0.6 is 0 Å². The first-order chi connectivity index (χ1) is 17.4. The van der Waals surface area contributed by atoms with Gasteiger partial charge in [0.05, 0.1) is 12.6 Å². The van der Waals surface area contributed by atoms with Crippen LogP contribution < -0.4 is 11.3 Å². The Bertz CT molecular complexity index is 1380. The Balaban J connectivity index is 1.91. The van der Waals surface area contributed by atoms with Crippen LogP contribution in [0.1, 0.15) is 53.6 Å². The van der Waals surface area contributed by atoms with Crippen molar-refractivity contribution in [2.45, 2.75) is 39.8 Å². The Morgan fingerprint density at radius 2 is 1.72 bits per heavy atom. The summed E-state index contributed by atoms with van der Waals surface area (Å²) in [6.07, 6.45) is 3.64. The number of carbonyl (C=O) groups is 1. The minimum atomic E-state index is -0.479. The third-order valence-corrected chi connectivity index (χ3v) is 6.20. The summed E-state index contributed by atoms with van der Waals surface area (Å²) in [5, 5.41) is 0. The number of hydrogen-bond donors (Lipinski definition) is 1. The van der Waals surface area contributed by atoms with E-state index in [0.717, 1.165) is 11.1 Å². The molecule has 0 aliphatic rings. The standard InChI is InChI=1S/C28H32N6O2/c1-19(2)24(33(17-7-14-29)27(35)22-12-10-20(3)11-13-22)26-32-25-23(30-15-16-31-25)28(36)34(26)18-21-8-5-4-6-9-21/h4-6,8-13,15-16,19,24H,7,14,17-18,29H2,1-3H3. The van der Waals surface area contributed by atoms with Crippen LogP contribution in [-0.2, 0) is 6.54 Å². The Kier molecular flexibility index (Phi) is 7.85. The molecule has 36 heavy (non-hydrogen) atoms. The van der Waals surface area contributed by atoms with Crippen molar-refractivity contribution in [3.05, 3.63) is 99.9 Å². The van der Waals surface area contributed by atoms with Crippen molar-refractivity contribution in [2.75, 3.05) is 13.1 Å². The molecule has 0 aliphatic heterocycles. The largest absolute Gasteiger partial charge is 0.330 e. The van der Waals surface area contributed by atoms with Gasteiger partial charge in [-0.1, -0.05) is 61.9 Å². The zero-order valence-corrected chi connectivity index (χ0v) is 21.0. The van der Waals surface area contributed by atoms with Gasteiger partial charge >= 0.3 is 0 Å². The second kappa shape index (κ2) is 11.2. The Hall–Kier alpha value is -3.91. The van der Waals surface area contributed by atoms with Crippen LogP contribution in [0.25, 0.3) is 11.2 Å². The fraction of sp³-hybridized carbons (Fsp3) is 0.321. The van der Waals surface area contributed by atoms with Crippen LogP contribution in [-0.4, -0.2) is 43.4 Å². The predicted molar refractivity (Wildman–Crippen MR) is 141 cm³/mol. The van der Waals surface area contributed by atoms with Crippen LogP contribution in [0.2, 0.25) is 0 Å². The number of carbonyl (C=O) groups excluding carboxylic acids is 1. The Morgan fingerprint density at radius 1 is 1.03 bits per heavy atom. The maximum Gasteiger partial charge on any atom is 0.282 e. The van der Waals surface area contributed by atoms with Crippen LogP contribution in [0.5, 0.6) is 0 Å². The van der Waals surface area contributed by atoms with E-state index >= 15 is 0 Å². The molecule has 2 heterocycles. The quantitative estimate of drug-likeness (QED) is 0.388. The van der Waals surface area contributed by atoms with E-state index in [1.54, 1.807) is 9.47 Å². The van der Waals surface area contributed by atoms with Crippen molar-refractivity contribution in [3.8, 4) is 0 Å². The summed E-state index contributed by atoms with van der Waals surface area (Å²) < 4.78 is 1.63. The fourth-order valence-electron chi connectivity index (χ4n) is 4.40. The van der Waals surface area contributed by atoms with Crippen molar-refractivity contribution < 1.29 is 4.79 Å². The topological polar surface area (TPSA) is 107 Å². The SMILES string of the molecule is Cc1ccc(C(=O)N(CCCN)C(c2nc3nccnc3c(=O)n2Cc2ccccc2)C(C)C)cc1. The van der Waals surface area contributed by atoms with Gasteiger partial charge in [-0.2, -0.15) is 0 Å². The number of rotatable bonds is 9. The number of fused-ring (bicyclic) bond motifs is 1. The molecule has 2 N–H and O–H groups in total. The van der Waals surface area contributed by atoms with Crippen molar-refractivity contribution in [2.24, 2.45) is 11.7 Å². The van der Waals surface area contributed by atoms with Gasteiger partial charge in [0.2, 0.25) is 0 Å². The molecule has 0 spiro atoms. The van der Waals surface area contributed by atoms with E-state index in [1.165, 1.54) is 12.4 Å². The van der Waals surface area contributed by atoms with Crippen LogP contribution in [0, 0.1) is 12.8 Å². The maximum absolute atomic E-state index is 13.8. The Morgan fingerprint density at radius 3 is 2.39 bits per heavy atom. The summed E-state index contributed by atoms with van der Waals surface area (Å²) in [6.45, 7) is 7.23. The van der Waals surface area contributed by atoms with E-state index < -0.39 is 6.04 Å². The first-order valence-electron chi connectivity index (χ1n) is 12.2. The summed E-state index contributed by atoms with van der Waals surface area (Å²) in [6, 6.07) is 16.8. The second-order valence-corrected chi connectivity index (χ2v) is 9.27. The third kappa shape index (κ3) is 5.33. The normalized spacial score (nSPS) is 12.1. The first-order valence-corrected chi connectivity index (χ1v) is 12.2. The highest BCUT2D eigenvalue weighted by molar-refractivity contribution is 5.94. The summed E-state index contributed by atoms with van der Waals surface area (Å²) in [7, 11) is 0. The molecule has 0 aliphatic carbocycles. The number of aryl methyl sites for hydroxylation is 1. The predicted octanol–water partition coefficient (Wildman–Crippen LogP) is 3.73. The van der Waals surface area contributed by atoms with E-state index in [4.69, 9.17) is 10.7 Å². The number of aromatic nitrogens is 4. The number of hydrogen-bond acceptors (Lipinski definition) is 6. The molecule has 0 radical (unpaired) electrons.